The lowest BCUT2D eigenvalue weighted by Gasteiger charge is -2.50. The molecule has 1 N–H and O–H groups in total. The predicted molar refractivity (Wildman–Crippen MR) is 121 cm³/mol. The Kier molecular flexibility index (Phi) is 6.76. The van der Waals surface area contributed by atoms with Crippen molar-refractivity contribution in [2.24, 2.45) is 11.8 Å². The van der Waals surface area contributed by atoms with Crippen molar-refractivity contribution in [1.29, 1.82) is 0 Å². The first-order valence-electron chi connectivity index (χ1n) is 11.8. The summed E-state index contributed by atoms with van der Waals surface area (Å²) in [7, 11) is 0. The highest BCUT2D eigenvalue weighted by Gasteiger charge is 2.51. The van der Waals surface area contributed by atoms with Gasteiger partial charge in [-0.3, -0.25) is 4.79 Å². The standard InChI is InChI=1S/C27H32F2O4/c1-4-5-6-16-9-12-24-18(13-16)25-20(27(2,3)33-24)15-19(26(30)31)23(32-25)11-8-17-7-10-21(28)22(29)14-17/h7,9-10,12-14,19-20,23,25H,4-6,8,11,15H2,1-3H3,(H,30,31)/t19-,20-,23-,25+/m0/s1. The lowest BCUT2D eigenvalue weighted by Crippen LogP contribution is -2.52. The van der Waals surface area contributed by atoms with E-state index in [1.54, 1.807) is 0 Å². The monoisotopic (exact) mass is 458 g/mol. The fraction of sp³-hybridized carbons (Fsp3) is 0.519. The summed E-state index contributed by atoms with van der Waals surface area (Å²) in [5, 5.41) is 9.95. The lowest BCUT2D eigenvalue weighted by molar-refractivity contribution is -0.188. The van der Waals surface area contributed by atoms with E-state index in [4.69, 9.17) is 9.47 Å². The maximum absolute atomic E-state index is 13.6. The SMILES string of the molecule is CCCCc1ccc2c(c1)[C@H]1O[C@@H](CCc3ccc(F)c(F)c3)[C@@H](C(=O)O)C[C@@H]1C(C)(C)O2. The Hall–Kier alpha value is -2.47. The fourth-order valence-corrected chi connectivity index (χ4v) is 5.21. The summed E-state index contributed by atoms with van der Waals surface area (Å²) in [6.45, 7) is 6.14. The van der Waals surface area contributed by atoms with E-state index in [0.29, 0.717) is 24.8 Å². The van der Waals surface area contributed by atoms with Crippen LogP contribution in [0.2, 0.25) is 0 Å². The topological polar surface area (TPSA) is 55.8 Å². The van der Waals surface area contributed by atoms with Crippen LogP contribution in [0.25, 0.3) is 0 Å². The third-order valence-corrected chi connectivity index (χ3v) is 7.13. The van der Waals surface area contributed by atoms with Gasteiger partial charge in [0.2, 0.25) is 0 Å². The van der Waals surface area contributed by atoms with E-state index >= 15 is 0 Å². The summed E-state index contributed by atoms with van der Waals surface area (Å²) >= 11 is 0. The summed E-state index contributed by atoms with van der Waals surface area (Å²) in [6, 6.07) is 10.0. The summed E-state index contributed by atoms with van der Waals surface area (Å²) in [4.78, 5) is 12.1. The minimum absolute atomic E-state index is 0.105. The van der Waals surface area contributed by atoms with Crippen molar-refractivity contribution in [2.75, 3.05) is 0 Å². The number of ether oxygens (including phenoxy) is 2. The molecule has 1 saturated heterocycles. The van der Waals surface area contributed by atoms with Crippen LogP contribution in [0.15, 0.2) is 36.4 Å². The second-order valence-corrected chi connectivity index (χ2v) is 9.85. The van der Waals surface area contributed by atoms with Crippen LogP contribution in [-0.2, 0) is 22.4 Å². The number of unbranched alkanes of at least 4 members (excludes halogenated alkanes) is 1. The molecule has 0 saturated carbocycles. The molecule has 2 aromatic carbocycles. The number of halogens is 2. The van der Waals surface area contributed by atoms with Gasteiger partial charge < -0.3 is 14.6 Å². The van der Waals surface area contributed by atoms with Gasteiger partial charge in [-0.2, -0.15) is 0 Å². The second kappa shape index (κ2) is 9.41. The maximum Gasteiger partial charge on any atom is 0.309 e. The first-order valence-corrected chi connectivity index (χ1v) is 11.8. The third-order valence-electron chi connectivity index (χ3n) is 7.13. The van der Waals surface area contributed by atoms with E-state index < -0.39 is 35.2 Å². The highest BCUT2D eigenvalue weighted by Crippen LogP contribution is 2.52. The van der Waals surface area contributed by atoms with Gasteiger partial charge in [0.1, 0.15) is 11.4 Å². The van der Waals surface area contributed by atoms with Crippen molar-refractivity contribution in [3.05, 3.63) is 64.7 Å². The molecule has 0 unspecified atom stereocenters. The fourth-order valence-electron chi connectivity index (χ4n) is 5.21. The lowest BCUT2D eigenvalue weighted by atomic mass is 9.71. The highest BCUT2D eigenvalue weighted by atomic mass is 19.2. The van der Waals surface area contributed by atoms with Crippen molar-refractivity contribution in [1.82, 2.24) is 0 Å². The minimum atomic E-state index is -0.901. The normalized spacial score (nSPS) is 25.6. The van der Waals surface area contributed by atoms with Gasteiger partial charge in [0.15, 0.2) is 11.6 Å². The summed E-state index contributed by atoms with van der Waals surface area (Å²) in [6.07, 6.45) is 3.64. The number of carbonyl (C=O) groups is 1. The summed E-state index contributed by atoms with van der Waals surface area (Å²) < 4.78 is 39.8. The van der Waals surface area contributed by atoms with E-state index in [9.17, 15) is 18.7 Å². The van der Waals surface area contributed by atoms with E-state index in [1.807, 2.05) is 19.9 Å². The zero-order chi connectivity index (χ0) is 23.8. The van der Waals surface area contributed by atoms with Gasteiger partial charge in [0.05, 0.1) is 18.1 Å². The molecular weight excluding hydrogens is 426 g/mol. The molecular formula is C27H32F2O4. The van der Waals surface area contributed by atoms with E-state index in [2.05, 4.69) is 19.1 Å². The van der Waals surface area contributed by atoms with Crippen molar-refractivity contribution in [3.8, 4) is 5.75 Å². The predicted octanol–water partition coefficient (Wildman–Crippen LogP) is 6.26. The van der Waals surface area contributed by atoms with E-state index in [-0.39, 0.29) is 12.0 Å². The van der Waals surface area contributed by atoms with Crippen molar-refractivity contribution in [2.45, 2.75) is 77.1 Å². The van der Waals surface area contributed by atoms with Gasteiger partial charge in [-0.25, -0.2) is 8.78 Å². The van der Waals surface area contributed by atoms with E-state index in [0.717, 1.165) is 36.6 Å². The van der Waals surface area contributed by atoms with Crippen molar-refractivity contribution < 1.29 is 28.2 Å². The Morgan fingerprint density at radius 1 is 1.09 bits per heavy atom. The zero-order valence-electron chi connectivity index (χ0n) is 19.4. The maximum atomic E-state index is 13.6. The molecule has 4 nitrogen and oxygen atoms in total. The molecule has 2 heterocycles. The summed E-state index contributed by atoms with van der Waals surface area (Å²) in [5.41, 5.74) is 2.26. The molecule has 0 spiro atoms. The van der Waals surface area contributed by atoms with Crippen LogP contribution in [0.3, 0.4) is 0 Å². The smallest absolute Gasteiger partial charge is 0.309 e. The van der Waals surface area contributed by atoms with Gasteiger partial charge in [-0.1, -0.05) is 25.5 Å². The molecule has 2 aromatic rings. The first-order chi connectivity index (χ1) is 15.7. The Morgan fingerprint density at radius 2 is 1.82 bits per heavy atom. The molecule has 0 radical (unpaired) electrons. The van der Waals surface area contributed by atoms with Gasteiger partial charge in [0.25, 0.3) is 0 Å². The highest BCUT2D eigenvalue weighted by molar-refractivity contribution is 5.71. The quantitative estimate of drug-likeness (QED) is 0.532. The summed E-state index contributed by atoms with van der Waals surface area (Å²) in [5.74, 6) is -2.70. The Bertz CT molecular complexity index is 1020. The van der Waals surface area contributed by atoms with Crippen LogP contribution in [-0.4, -0.2) is 22.8 Å². The van der Waals surface area contributed by atoms with Crippen LogP contribution in [0.4, 0.5) is 8.78 Å². The number of carboxylic acid groups (broad SMARTS) is 1. The molecule has 4 rings (SSSR count). The molecule has 2 aliphatic rings. The van der Waals surface area contributed by atoms with Crippen molar-refractivity contribution >= 4 is 5.97 Å². The number of fused-ring (bicyclic) bond motifs is 3. The van der Waals surface area contributed by atoms with Gasteiger partial charge in [0, 0.05) is 11.5 Å². The third kappa shape index (κ3) is 4.91. The zero-order valence-corrected chi connectivity index (χ0v) is 19.4. The van der Waals surface area contributed by atoms with Crippen LogP contribution >= 0.6 is 0 Å². The van der Waals surface area contributed by atoms with Gasteiger partial charge in [-0.05, 0) is 81.3 Å². The second-order valence-electron chi connectivity index (χ2n) is 9.85. The number of benzene rings is 2. The van der Waals surface area contributed by atoms with Crippen molar-refractivity contribution in [3.63, 3.8) is 0 Å². The molecule has 6 heteroatoms. The number of hydrogen-bond acceptors (Lipinski definition) is 3. The molecule has 0 aliphatic carbocycles. The van der Waals surface area contributed by atoms with Crippen LogP contribution < -0.4 is 4.74 Å². The molecule has 0 aromatic heterocycles. The number of carboxylic acids is 1. The van der Waals surface area contributed by atoms with Crippen LogP contribution in [0.5, 0.6) is 5.75 Å². The number of hydrogen-bond donors (Lipinski definition) is 1. The average Bonchev–Trinajstić information content (AvgIpc) is 2.77. The van der Waals surface area contributed by atoms with Gasteiger partial charge in [-0.15, -0.1) is 0 Å². The average molecular weight is 459 g/mol. The molecule has 178 valence electrons. The molecule has 4 atom stereocenters. The first kappa shape index (κ1) is 23.7. The number of aryl methyl sites for hydroxylation is 2. The van der Waals surface area contributed by atoms with Crippen LogP contribution in [0.1, 0.15) is 69.2 Å². The largest absolute Gasteiger partial charge is 0.487 e. The molecule has 2 aliphatic heterocycles. The Morgan fingerprint density at radius 3 is 2.52 bits per heavy atom. The van der Waals surface area contributed by atoms with E-state index in [1.165, 1.54) is 17.7 Å². The number of aliphatic carboxylic acids is 1. The Balaban J connectivity index is 1.61. The number of rotatable bonds is 7. The molecule has 0 bridgehead atoms. The molecule has 0 amide bonds. The Labute approximate surface area is 193 Å². The molecule has 1 fully saturated rings. The minimum Gasteiger partial charge on any atom is -0.487 e. The molecule has 33 heavy (non-hydrogen) atoms. The van der Waals surface area contributed by atoms with Crippen LogP contribution in [0, 0.1) is 23.5 Å². The van der Waals surface area contributed by atoms with Gasteiger partial charge >= 0.3 is 5.97 Å².